The van der Waals surface area contributed by atoms with Crippen LogP contribution in [0.25, 0.3) is 10.8 Å². The van der Waals surface area contributed by atoms with Gasteiger partial charge >= 0.3 is 0 Å². The highest BCUT2D eigenvalue weighted by Gasteiger charge is 2.15. The van der Waals surface area contributed by atoms with Crippen LogP contribution < -0.4 is 10.6 Å². The normalized spacial score (nSPS) is 12.2. The Morgan fingerprint density at radius 1 is 1.12 bits per heavy atom. The van der Waals surface area contributed by atoms with Crippen LogP contribution in [0.5, 0.6) is 0 Å². The number of nitrogens with one attached hydrogen (secondary N) is 1. The second-order valence-electron chi connectivity index (χ2n) is 6.78. The van der Waals surface area contributed by atoms with Gasteiger partial charge in [0.2, 0.25) is 0 Å². The molecule has 3 N–H and O–H groups in total. The number of amides is 1. The summed E-state index contributed by atoms with van der Waals surface area (Å²) in [4.78, 5) is 12.4. The summed E-state index contributed by atoms with van der Waals surface area (Å²) in [6, 6.07) is 18.7. The molecule has 0 bridgehead atoms. The first-order valence-corrected chi connectivity index (χ1v) is 9.21. The molecule has 0 aliphatic rings. The van der Waals surface area contributed by atoms with Crippen molar-refractivity contribution in [3.05, 3.63) is 76.3 Å². The van der Waals surface area contributed by atoms with Crippen molar-refractivity contribution in [1.29, 1.82) is 0 Å². The summed E-state index contributed by atoms with van der Waals surface area (Å²) in [6.45, 7) is 6.41. The van der Waals surface area contributed by atoms with Crippen LogP contribution in [0, 0.1) is 13.8 Å². The number of hydrogen-bond donors (Lipinski definition) is 2. The number of carbonyl (C=O) groups excluding carboxylic acids is 1. The molecular weight excluding hydrogens is 344 g/mol. The van der Waals surface area contributed by atoms with Gasteiger partial charge in [0.05, 0.1) is 10.7 Å². The monoisotopic (exact) mass is 367 g/mol. The third kappa shape index (κ3) is 4.06. The minimum atomic E-state index is -0.0501. The minimum absolute atomic E-state index is 0.0501. The lowest BCUT2D eigenvalue weighted by molar-refractivity contribution is -0.682. The second-order valence-corrected chi connectivity index (χ2v) is 7.19. The molecule has 0 radical (unpaired) electrons. The molecule has 3 aromatic carbocycles. The molecule has 134 valence electrons. The number of aryl methyl sites for hydroxylation is 2. The van der Waals surface area contributed by atoms with Crippen molar-refractivity contribution >= 4 is 34.0 Å². The van der Waals surface area contributed by atoms with E-state index in [9.17, 15) is 4.79 Å². The van der Waals surface area contributed by atoms with Crippen LogP contribution in [0.2, 0.25) is 5.02 Å². The lowest BCUT2D eigenvalue weighted by Crippen LogP contribution is -2.86. The first-order valence-electron chi connectivity index (χ1n) is 8.83. The summed E-state index contributed by atoms with van der Waals surface area (Å²) < 4.78 is 0. The zero-order valence-corrected chi connectivity index (χ0v) is 16.1. The maximum absolute atomic E-state index is 12.4. The van der Waals surface area contributed by atoms with Crippen molar-refractivity contribution in [2.75, 3.05) is 11.9 Å². The number of carbonyl (C=O) groups is 1. The average molecular weight is 368 g/mol. The summed E-state index contributed by atoms with van der Waals surface area (Å²) in [5.74, 6) is -0.0501. The van der Waals surface area contributed by atoms with Crippen molar-refractivity contribution < 1.29 is 10.1 Å². The number of hydrogen-bond acceptors (Lipinski definition) is 1. The van der Waals surface area contributed by atoms with Gasteiger partial charge in [0.1, 0.15) is 6.04 Å². The Morgan fingerprint density at radius 3 is 2.62 bits per heavy atom. The van der Waals surface area contributed by atoms with E-state index in [0.717, 1.165) is 11.1 Å². The van der Waals surface area contributed by atoms with Crippen molar-refractivity contribution in [1.82, 2.24) is 0 Å². The van der Waals surface area contributed by atoms with E-state index in [-0.39, 0.29) is 11.9 Å². The summed E-state index contributed by atoms with van der Waals surface area (Å²) in [5.41, 5.74) is 4.00. The first-order chi connectivity index (χ1) is 12.5. The Morgan fingerprint density at radius 2 is 1.85 bits per heavy atom. The molecule has 26 heavy (non-hydrogen) atoms. The van der Waals surface area contributed by atoms with Crippen LogP contribution in [0.4, 0.5) is 5.69 Å². The Hall–Kier alpha value is -2.36. The van der Waals surface area contributed by atoms with E-state index in [0.29, 0.717) is 17.3 Å². The molecule has 0 spiro atoms. The molecule has 0 aliphatic heterocycles. The largest absolute Gasteiger partial charge is 0.332 e. The lowest BCUT2D eigenvalue weighted by atomic mass is 10.00. The summed E-state index contributed by atoms with van der Waals surface area (Å²) >= 11 is 6.28. The molecule has 0 heterocycles. The van der Waals surface area contributed by atoms with Crippen molar-refractivity contribution in [2.45, 2.75) is 26.8 Å². The Labute approximate surface area is 159 Å². The zero-order valence-electron chi connectivity index (χ0n) is 15.3. The maximum atomic E-state index is 12.4. The number of nitrogens with two attached hydrogens (primary N) is 1. The van der Waals surface area contributed by atoms with Gasteiger partial charge in [-0.15, -0.1) is 0 Å². The van der Waals surface area contributed by atoms with Gasteiger partial charge in [-0.2, -0.15) is 0 Å². The average Bonchev–Trinajstić information content (AvgIpc) is 2.62. The summed E-state index contributed by atoms with van der Waals surface area (Å²) in [7, 11) is 0. The molecule has 1 atom stereocenters. The molecule has 0 unspecified atom stereocenters. The van der Waals surface area contributed by atoms with Gasteiger partial charge in [0.25, 0.3) is 5.91 Å². The van der Waals surface area contributed by atoms with E-state index in [1.165, 1.54) is 16.3 Å². The molecule has 3 rings (SSSR count). The number of benzene rings is 3. The number of anilines is 1. The van der Waals surface area contributed by atoms with Gasteiger partial charge in [0, 0.05) is 5.56 Å². The standard InChI is InChI=1S/C22H23ClN2O/c1-14-11-15(2)22(20(23)12-14)25-21(26)13-24-16(3)18-10-6-8-17-7-4-5-9-19(17)18/h4-12,16,24H,13H2,1-3H3,(H,25,26)/p+1/t16-/m0/s1. The number of fused-ring (bicyclic) bond motifs is 1. The highest BCUT2D eigenvalue weighted by molar-refractivity contribution is 6.34. The van der Waals surface area contributed by atoms with E-state index in [4.69, 9.17) is 11.6 Å². The van der Waals surface area contributed by atoms with Crippen molar-refractivity contribution in [2.24, 2.45) is 0 Å². The third-order valence-corrected chi connectivity index (χ3v) is 4.96. The van der Waals surface area contributed by atoms with Gasteiger partial charge in [-0.25, -0.2) is 0 Å². The SMILES string of the molecule is Cc1cc(C)c(NC(=O)C[NH2+][C@@H](C)c2cccc3ccccc23)c(Cl)c1. The maximum Gasteiger partial charge on any atom is 0.279 e. The van der Waals surface area contributed by atoms with Crippen LogP contribution in [-0.4, -0.2) is 12.5 Å². The molecule has 0 aromatic heterocycles. The fraction of sp³-hybridized carbons (Fsp3) is 0.227. The number of quaternary nitrogens is 1. The molecule has 0 saturated heterocycles. The van der Waals surface area contributed by atoms with Crippen LogP contribution in [0.1, 0.15) is 29.7 Å². The quantitative estimate of drug-likeness (QED) is 0.691. The smallest absolute Gasteiger partial charge is 0.279 e. The molecule has 4 heteroatoms. The predicted octanol–water partition coefficient (Wildman–Crippen LogP) is 4.37. The Kier molecular flexibility index (Phi) is 5.60. The Bertz CT molecular complexity index is 924. The minimum Gasteiger partial charge on any atom is -0.332 e. The van der Waals surface area contributed by atoms with E-state index >= 15 is 0 Å². The number of rotatable bonds is 5. The van der Waals surface area contributed by atoms with Crippen LogP contribution in [-0.2, 0) is 4.79 Å². The van der Waals surface area contributed by atoms with Crippen molar-refractivity contribution in [3.63, 3.8) is 0 Å². The van der Waals surface area contributed by atoms with Gasteiger partial charge in [-0.05, 0) is 48.7 Å². The molecule has 3 nitrogen and oxygen atoms in total. The molecule has 0 aliphatic carbocycles. The first kappa shape index (κ1) is 18.4. The predicted molar refractivity (Wildman–Crippen MR) is 109 cm³/mol. The fourth-order valence-corrected chi connectivity index (χ4v) is 3.69. The molecule has 0 fully saturated rings. The topological polar surface area (TPSA) is 45.7 Å². The Balaban J connectivity index is 1.68. The van der Waals surface area contributed by atoms with Gasteiger partial charge in [-0.3, -0.25) is 4.79 Å². The van der Waals surface area contributed by atoms with Gasteiger partial charge < -0.3 is 10.6 Å². The third-order valence-electron chi connectivity index (χ3n) is 4.67. The van der Waals surface area contributed by atoms with Gasteiger partial charge in [-0.1, -0.05) is 60.1 Å². The van der Waals surface area contributed by atoms with Gasteiger partial charge in [0.15, 0.2) is 6.54 Å². The van der Waals surface area contributed by atoms with E-state index < -0.39 is 0 Å². The van der Waals surface area contributed by atoms with Crippen LogP contribution in [0.15, 0.2) is 54.6 Å². The van der Waals surface area contributed by atoms with E-state index in [1.807, 2.05) is 38.1 Å². The number of halogens is 1. The van der Waals surface area contributed by atoms with E-state index in [2.05, 4.69) is 47.9 Å². The van der Waals surface area contributed by atoms with E-state index in [1.54, 1.807) is 0 Å². The fourth-order valence-electron chi connectivity index (χ4n) is 3.32. The van der Waals surface area contributed by atoms with Crippen LogP contribution in [0.3, 0.4) is 0 Å². The molecule has 0 saturated carbocycles. The van der Waals surface area contributed by atoms with Crippen molar-refractivity contribution in [3.8, 4) is 0 Å². The molecule has 1 amide bonds. The van der Waals surface area contributed by atoms with Crippen LogP contribution >= 0.6 is 11.6 Å². The molecule has 3 aromatic rings. The zero-order chi connectivity index (χ0) is 18.7. The highest BCUT2D eigenvalue weighted by atomic mass is 35.5. The highest BCUT2D eigenvalue weighted by Crippen LogP contribution is 2.27. The molecular formula is C22H24ClN2O+. The summed E-state index contributed by atoms with van der Waals surface area (Å²) in [6.07, 6.45) is 0. The summed E-state index contributed by atoms with van der Waals surface area (Å²) in [5, 5.41) is 8.03. The second kappa shape index (κ2) is 7.90. The lowest BCUT2D eigenvalue weighted by Gasteiger charge is -2.15.